The van der Waals surface area contributed by atoms with Gasteiger partial charge in [-0.2, -0.15) is 0 Å². The van der Waals surface area contributed by atoms with Crippen molar-refractivity contribution in [3.63, 3.8) is 0 Å². The third-order valence-electron chi connectivity index (χ3n) is 4.79. The summed E-state index contributed by atoms with van der Waals surface area (Å²) < 4.78 is 11.3. The fourth-order valence-corrected chi connectivity index (χ4v) is 3.07. The molecule has 4 rings (SSSR count). The molecule has 1 aliphatic rings. The van der Waals surface area contributed by atoms with Gasteiger partial charge in [-0.25, -0.2) is 9.97 Å². The van der Waals surface area contributed by atoms with Crippen LogP contribution in [0.4, 0.5) is 0 Å². The second-order valence-corrected chi connectivity index (χ2v) is 8.16. The minimum absolute atomic E-state index is 0.271. The van der Waals surface area contributed by atoms with E-state index in [9.17, 15) is 4.79 Å². The normalized spacial score (nSPS) is 13.9. The van der Waals surface area contributed by atoms with Crippen LogP contribution in [0.15, 0.2) is 53.3 Å². The Hall–Kier alpha value is -2.86. The highest BCUT2D eigenvalue weighted by molar-refractivity contribution is 6.30. The minimum Gasteiger partial charge on any atom is -0.477 e. The minimum atomic E-state index is -0.772. The zero-order valence-corrected chi connectivity index (χ0v) is 17.1. The maximum atomic E-state index is 12.8. The molecule has 1 amide bonds. The Kier molecular flexibility index (Phi) is 5.28. The number of benzene rings is 1. The second-order valence-electron chi connectivity index (χ2n) is 7.73. The van der Waals surface area contributed by atoms with E-state index in [1.807, 2.05) is 44.2 Å². The van der Waals surface area contributed by atoms with E-state index in [0.717, 1.165) is 11.1 Å². The SMILES string of the molecule is CC(C)(NC(=O)c1ccc(-c2ccc(Cl)cc2)c(OCC2CC2)n1)c1ncco1. The van der Waals surface area contributed by atoms with E-state index in [2.05, 4.69) is 15.3 Å². The van der Waals surface area contributed by atoms with Crippen molar-refractivity contribution >= 4 is 17.5 Å². The highest BCUT2D eigenvalue weighted by Gasteiger charge is 2.29. The lowest BCUT2D eigenvalue weighted by Crippen LogP contribution is -2.41. The second kappa shape index (κ2) is 7.87. The van der Waals surface area contributed by atoms with Gasteiger partial charge in [0.1, 0.15) is 17.5 Å². The van der Waals surface area contributed by atoms with Crippen molar-refractivity contribution in [1.29, 1.82) is 0 Å². The first kappa shape index (κ1) is 19.5. The molecule has 150 valence electrons. The van der Waals surface area contributed by atoms with E-state index >= 15 is 0 Å². The number of hydrogen-bond donors (Lipinski definition) is 1. The lowest BCUT2D eigenvalue weighted by molar-refractivity contribution is 0.0892. The van der Waals surface area contributed by atoms with Crippen molar-refractivity contribution < 1.29 is 13.9 Å². The fraction of sp³-hybridized carbons (Fsp3) is 0.318. The average molecular weight is 412 g/mol. The zero-order valence-electron chi connectivity index (χ0n) is 16.3. The summed E-state index contributed by atoms with van der Waals surface area (Å²) in [6.07, 6.45) is 5.36. The van der Waals surface area contributed by atoms with Crippen LogP contribution >= 0.6 is 11.6 Å². The Labute approximate surface area is 174 Å². The van der Waals surface area contributed by atoms with E-state index in [0.29, 0.717) is 29.3 Å². The molecule has 0 aliphatic heterocycles. The molecular weight excluding hydrogens is 390 g/mol. The molecule has 0 spiro atoms. The van der Waals surface area contributed by atoms with E-state index < -0.39 is 5.54 Å². The first-order valence-corrected chi connectivity index (χ1v) is 9.92. The monoisotopic (exact) mass is 411 g/mol. The molecule has 0 unspecified atom stereocenters. The molecule has 6 nitrogen and oxygen atoms in total. The van der Waals surface area contributed by atoms with Crippen molar-refractivity contribution in [2.24, 2.45) is 5.92 Å². The Morgan fingerprint density at radius 3 is 2.66 bits per heavy atom. The molecule has 1 N–H and O–H groups in total. The van der Waals surface area contributed by atoms with Gasteiger partial charge in [0, 0.05) is 10.6 Å². The molecule has 1 saturated carbocycles. The molecule has 3 aromatic rings. The summed E-state index contributed by atoms with van der Waals surface area (Å²) >= 11 is 6.01. The van der Waals surface area contributed by atoms with Gasteiger partial charge in [-0.15, -0.1) is 0 Å². The maximum absolute atomic E-state index is 12.8. The third kappa shape index (κ3) is 4.59. The first-order chi connectivity index (χ1) is 13.9. The van der Waals surface area contributed by atoms with Gasteiger partial charge in [0.25, 0.3) is 5.91 Å². The molecule has 29 heavy (non-hydrogen) atoms. The van der Waals surface area contributed by atoms with Gasteiger partial charge in [0.2, 0.25) is 11.8 Å². The van der Waals surface area contributed by atoms with Crippen LogP contribution in [-0.2, 0) is 5.54 Å². The van der Waals surface area contributed by atoms with Gasteiger partial charge in [0.05, 0.1) is 12.8 Å². The number of oxazole rings is 1. The molecular formula is C22H22ClN3O3. The number of carbonyl (C=O) groups excluding carboxylic acids is 1. The van der Waals surface area contributed by atoms with Gasteiger partial charge in [-0.3, -0.25) is 4.79 Å². The maximum Gasteiger partial charge on any atom is 0.270 e. The van der Waals surface area contributed by atoms with E-state index in [4.69, 9.17) is 20.8 Å². The Bertz CT molecular complexity index is 997. The topological polar surface area (TPSA) is 77.2 Å². The highest BCUT2D eigenvalue weighted by Crippen LogP contribution is 2.33. The summed E-state index contributed by atoms with van der Waals surface area (Å²) in [6, 6.07) is 11.0. The van der Waals surface area contributed by atoms with Crippen LogP contribution in [0.3, 0.4) is 0 Å². The lowest BCUT2D eigenvalue weighted by atomic mass is 10.0. The van der Waals surface area contributed by atoms with Gasteiger partial charge in [-0.1, -0.05) is 23.7 Å². The van der Waals surface area contributed by atoms with Gasteiger partial charge < -0.3 is 14.5 Å². The quantitative estimate of drug-likeness (QED) is 0.601. The van der Waals surface area contributed by atoms with Crippen LogP contribution in [0.5, 0.6) is 5.88 Å². The first-order valence-electron chi connectivity index (χ1n) is 9.54. The molecule has 1 aromatic carbocycles. The highest BCUT2D eigenvalue weighted by atomic mass is 35.5. The Balaban J connectivity index is 1.60. The standard InChI is InChI=1S/C22H22ClN3O3/c1-22(2,21-24-11-12-28-21)26-19(27)18-10-9-17(15-5-7-16(23)8-6-15)20(25-18)29-13-14-3-4-14/h5-12,14H,3-4,13H2,1-2H3,(H,26,27). The predicted octanol–water partition coefficient (Wildman–Crippen LogP) is 4.84. The zero-order chi connectivity index (χ0) is 20.4. The summed E-state index contributed by atoms with van der Waals surface area (Å²) in [5.41, 5.74) is 1.25. The number of hydrogen-bond acceptors (Lipinski definition) is 5. The number of nitrogens with one attached hydrogen (secondary N) is 1. The average Bonchev–Trinajstić information content (AvgIpc) is 3.35. The lowest BCUT2D eigenvalue weighted by Gasteiger charge is -2.22. The van der Waals surface area contributed by atoms with E-state index in [1.165, 1.54) is 19.1 Å². The van der Waals surface area contributed by atoms with Crippen molar-refractivity contribution in [1.82, 2.24) is 15.3 Å². The number of aromatic nitrogens is 2. The smallest absolute Gasteiger partial charge is 0.270 e. The van der Waals surface area contributed by atoms with Gasteiger partial charge in [0.15, 0.2) is 0 Å². The summed E-state index contributed by atoms with van der Waals surface area (Å²) in [6.45, 7) is 4.24. The fourth-order valence-electron chi connectivity index (χ4n) is 2.94. The van der Waals surface area contributed by atoms with Crippen LogP contribution in [0.1, 0.15) is 43.1 Å². The number of carbonyl (C=O) groups is 1. The van der Waals surface area contributed by atoms with Crippen molar-refractivity contribution in [3.05, 3.63) is 65.5 Å². The summed E-state index contributed by atoms with van der Waals surface area (Å²) in [5.74, 6) is 1.11. The van der Waals surface area contributed by atoms with E-state index in [1.54, 1.807) is 12.3 Å². The number of ether oxygens (including phenoxy) is 1. The molecule has 0 atom stereocenters. The van der Waals surface area contributed by atoms with Crippen LogP contribution in [-0.4, -0.2) is 22.5 Å². The Morgan fingerprint density at radius 2 is 2.00 bits per heavy atom. The number of nitrogens with zero attached hydrogens (tertiary/aromatic N) is 2. The molecule has 0 saturated heterocycles. The van der Waals surface area contributed by atoms with Crippen molar-refractivity contribution in [3.8, 4) is 17.0 Å². The van der Waals surface area contributed by atoms with Gasteiger partial charge in [-0.05, 0) is 62.4 Å². The molecule has 2 heterocycles. The van der Waals surface area contributed by atoms with Crippen molar-refractivity contribution in [2.45, 2.75) is 32.2 Å². The van der Waals surface area contributed by atoms with Crippen LogP contribution in [0, 0.1) is 5.92 Å². The summed E-state index contributed by atoms with van der Waals surface area (Å²) in [7, 11) is 0. The third-order valence-corrected chi connectivity index (χ3v) is 5.05. The molecule has 0 bridgehead atoms. The molecule has 2 aromatic heterocycles. The molecule has 1 fully saturated rings. The Morgan fingerprint density at radius 1 is 1.24 bits per heavy atom. The molecule has 7 heteroatoms. The van der Waals surface area contributed by atoms with Crippen LogP contribution in [0.2, 0.25) is 5.02 Å². The van der Waals surface area contributed by atoms with Crippen LogP contribution in [0.25, 0.3) is 11.1 Å². The largest absolute Gasteiger partial charge is 0.477 e. The van der Waals surface area contributed by atoms with Gasteiger partial charge >= 0.3 is 0 Å². The van der Waals surface area contributed by atoms with Crippen molar-refractivity contribution in [2.75, 3.05) is 6.61 Å². The number of amides is 1. The molecule has 1 aliphatic carbocycles. The summed E-state index contributed by atoms with van der Waals surface area (Å²) in [5, 5.41) is 3.57. The number of halogens is 1. The number of pyridine rings is 1. The van der Waals surface area contributed by atoms with E-state index in [-0.39, 0.29) is 11.6 Å². The summed E-state index contributed by atoms with van der Waals surface area (Å²) in [4.78, 5) is 21.5. The molecule has 0 radical (unpaired) electrons. The van der Waals surface area contributed by atoms with Crippen LogP contribution < -0.4 is 10.1 Å². The predicted molar refractivity (Wildman–Crippen MR) is 110 cm³/mol. The number of rotatable bonds is 7.